The molecule has 0 saturated heterocycles. The predicted octanol–water partition coefficient (Wildman–Crippen LogP) is 4.66. The number of rotatable bonds is 3. The van der Waals surface area contributed by atoms with Crippen molar-refractivity contribution in [3.05, 3.63) is 97.6 Å². The van der Waals surface area contributed by atoms with Crippen molar-refractivity contribution in [3.63, 3.8) is 0 Å². The van der Waals surface area contributed by atoms with E-state index in [-0.39, 0.29) is 25.7 Å². The van der Waals surface area contributed by atoms with Gasteiger partial charge in [-0.25, -0.2) is 0 Å². The monoisotopic (exact) mass is 571 g/mol. The van der Waals surface area contributed by atoms with Crippen LogP contribution in [-0.4, -0.2) is 24.0 Å². The quantitative estimate of drug-likeness (QED) is 0.429. The maximum atomic E-state index is 13.4. The first-order chi connectivity index (χ1) is 13.6. The van der Waals surface area contributed by atoms with E-state index in [1.54, 1.807) is 12.1 Å². The van der Waals surface area contributed by atoms with Gasteiger partial charge in [0, 0.05) is 17.8 Å². The van der Waals surface area contributed by atoms with Crippen molar-refractivity contribution >= 4 is 5.69 Å². The van der Waals surface area contributed by atoms with Crippen LogP contribution in [0.1, 0.15) is 0 Å². The van der Waals surface area contributed by atoms with E-state index >= 15 is 0 Å². The van der Waals surface area contributed by atoms with E-state index in [1.165, 1.54) is 13.3 Å². The second kappa shape index (κ2) is 10.7. The van der Waals surface area contributed by atoms with Crippen molar-refractivity contribution < 1.29 is 33.6 Å². The van der Waals surface area contributed by atoms with Crippen LogP contribution in [-0.2, 0) is 20.1 Å². The molecule has 2 heterocycles. The summed E-state index contributed by atoms with van der Waals surface area (Å²) in [5.74, 6) is -0.799. The molecule has 2 aromatic carbocycles. The minimum absolute atomic E-state index is 0. The van der Waals surface area contributed by atoms with Crippen LogP contribution < -0.4 is 9.64 Å². The average molecular weight is 571 g/mol. The smallest absolute Gasteiger partial charge is 0.510 e. The minimum Gasteiger partial charge on any atom is -0.510 e. The fraction of sp³-hybridized carbons (Fsp3) is 0.0909. The van der Waals surface area contributed by atoms with Crippen molar-refractivity contribution in [3.8, 4) is 17.0 Å². The molecule has 1 aliphatic rings. The molecule has 29 heavy (non-hydrogen) atoms. The Morgan fingerprint density at radius 2 is 1.93 bits per heavy atom. The standard InChI is InChI=1S/C12H8F2NO.C10H10N2.Ir/c1-16-9-4-5-15-12(7-9)10-3-2-8(13)6-11(10)14;1-11-7-8-12(9-11)10-5-3-2-4-6-10;/h2,4-7H,1H3;2-5,7-9H,1H3;/q-1;-2;+3. The third-order valence-electron chi connectivity index (χ3n) is 3.82. The summed E-state index contributed by atoms with van der Waals surface area (Å²) in [6, 6.07) is 18.6. The number of methoxy groups -OCH3 is 1. The number of hydrogen-bond acceptors (Lipinski definition) is 4. The van der Waals surface area contributed by atoms with Crippen molar-refractivity contribution in [1.29, 1.82) is 0 Å². The first-order valence-corrected chi connectivity index (χ1v) is 8.44. The summed E-state index contributed by atoms with van der Waals surface area (Å²) in [6.07, 6.45) is 5.50. The Bertz CT molecular complexity index is 954. The molecule has 0 bridgehead atoms. The van der Waals surface area contributed by atoms with Gasteiger partial charge >= 0.3 is 20.1 Å². The van der Waals surface area contributed by atoms with Gasteiger partial charge in [0.25, 0.3) is 0 Å². The van der Waals surface area contributed by atoms with E-state index in [0.29, 0.717) is 11.4 Å². The predicted molar refractivity (Wildman–Crippen MR) is 104 cm³/mol. The summed E-state index contributed by atoms with van der Waals surface area (Å²) in [6.45, 7) is 2.01. The second-order valence-corrected chi connectivity index (χ2v) is 5.86. The van der Waals surface area contributed by atoms with Crippen LogP contribution in [0.5, 0.6) is 5.75 Å². The van der Waals surface area contributed by atoms with E-state index in [2.05, 4.69) is 17.1 Å². The first kappa shape index (κ1) is 22.5. The average Bonchev–Trinajstić information content (AvgIpc) is 3.16. The van der Waals surface area contributed by atoms with E-state index in [0.717, 1.165) is 17.8 Å². The molecular formula is C22H18F2IrN3O. The van der Waals surface area contributed by atoms with Gasteiger partial charge in [0.05, 0.1) is 7.11 Å². The van der Waals surface area contributed by atoms with E-state index in [9.17, 15) is 8.78 Å². The minimum atomic E-state index is -0.694. The normalized spacial score (nSPS) is 12.1. The molecular weight excluding hydrogens is 552 g/mol. The van der Waals surface area contributed by atoms with Gasteiger partial charge in [-0.15, -0.1) is 17.8 Å². The summed E-state index contributed by atoms with van der Waals surface area (Å²) in [7, 11) is 3.50. The van der Waals surface area contributed by atoms with Gasteiger partial charge in [-0.2, -0.15) is 37.0 Å². The summed E-state index contributed by atoms with van der Waals surface area (Å²) in [5, 5.41) is 0. The number of anilines is 1. The largest absolute Gasteiger partial charge is 3.00 e. The van der Waals surface area contributed by atoms with Gasteiger partial charge in [0.1, 0.15) is 5.75 Å². The Labute approximate surface area is 182 Å². The molecule has 0 saturated carbocycles. The molecule has 0 N–H and O–H groups in total. The summed E-state index contributed by atoms with van der Waals surface area (Å²) in [4.78, 5) is 8.00. The maximum absolute atomic E-state index is 13.4. The topological polar surface area (TPSA) is 28.6 Å². The van der Waals surface area contributed by atoms with Gasteiger partial charge in [-0.05, 0) is 37.3 Å². The van der Waals surface area contributed by atoms with E-state index in [1.807, 2.05) is 60.2 Å². The third-order valence-corrected chi connectivity index (χ3v) is 3.82. The molecule has 150 valence electrons. The number of hydrogen-bond donors (Lipinski definition) is 0. The molecule has 1 aromatic heterocycles. The Hall–Kier alpha value is -2.76. The number of halogens is 2. The van der Waals surface area contributed by atoms with Gasteiger partial charge in [0.2, 0.25) is 0 Å². The van der Waals surface area contributed by atoms with Crippen molar-refractivity contribution in [2.45, 2.75) is 0 Å². The number of benzene rings is 2. The van der Waals surface area contributed by atoms with Crippen LogP contribution in [0.3, 0.4) is 0 Å². The molecule has 4 nitrogen and oxygen atoms in total. The van der Waals surface area contributed by atoms with Crippen LogP contribution in [0.25, 0.3) is 11.3 Å². The van der Waals surface area contributed by atoms with Crippen LogP contribution in [0.15, 0.2) is 67.1 Å². The first-order valence-electron chi connectivity index (χ1n) is 8.44. The van der Waals surface area contributed by atoms with Gasteiger partial charge in [-0.1, -0.05) is 11.6 Å². The Morgan fingerprint density at radius 1 is 1.10 bits per heavy atom. The van der Waals surface area contributed by atoms with Crippen LogP contribution >= 0.6 is 0 Å². The van der Waals surface area contributed by atoms with Crippen LogP contribution in [0.2, 0.25) is 0 Å². The number of aromatic nitrogens is 1. The summed E-state index contributed by atoms with van der Waals surface area (Å²) in [5.41, 5.74) is 1.55. The third kappa shape index (κ3) is 6.11. The molecule has 0 unspecified atom stereocenters. The molecule has 0 spiro atoms. The molecule has 1 aliphatic heterocycles. The number of ether oxygens (including phenoxy) is 1. The Balaban J connectivity index is 0.000000207. The van der Waals surface area contributed by atoms with Gasteiger partial charge in [0.15, 0.2) is 0 Å². The zero-order valence-corrected chi connectivity index (χ0v) is 18.2. The zero-order valence-electron chi connectivity index (χ0n) is 15.8. The van der Waals surface area contributed by atoms with Crippen molar-refractivity contribution in [2.75, 3.05) is 19.1 Å². The summed E-state index contributed by atoms with van der Waals surface area (Å²) >= 11 is 0. The molecule has 0 amide bonds. The number of nitrogens with zero attached hydrogens (tertiary/aromatic N) is 3. The second-order valence-electron chi connectivity index (χ2n) is 5.86. The Kier molecular flexibility index (Phi) is 8.31. The Morgan fingerprint density at radius 3 is 2.55 bits per heavy atom. The zero-order chi connectivity index (χ0) is 19.9. The van der Waals surface area contributed by atoms with E-state index in [4.69, 9.17) is 4.74 Å². The van der Waals surface area contributed by atoms with Gasteiger partial charge < -0.3 is 19.5 Å². The molecule has 0 aliphatic carbocycles. The summed E-state index contributed by atoms with van der Waals surface area (Å²) < 4.78 is 31.1. The van der Waals surface area contributed by atoms with Crippen molar-refractivity contribution in [1.82, 2.24) is 9.88 Å². The molecule has 7 heteroatoms. The number of para-hydroxylation sites is 1. The molecule has 0 atom stereocenters. The molecule has 0 fully saturated rings. The SMILES string of the molecule is CN1C=CN(c2[c-]cccc2)[CH-]1.COc1ccnc(-c2[c-]cc(F)cc2F)c1.[Ir+3]. The molecule has 4 rings (SSSR count). The van der Waals surface area contributed by atoms with Crippen molar-refractivity contribution in [2.24, 2.45) is 0 Å². The fourth-order valence-corrected chi connectivity index (χ4v) is 2.45. The van der Waals surface area contributed by atoms with E-state index < -0.39 is 11.6 Å². The maximum Gasteiger partial charge on any atom is 3.00 e. The molecule has 0 radical (unpaired) electrons. The number of pyridine rings is 1. The van der Waals surface area contributed by atoms with Gasteiger partial charge in [-0.3, -0.25) is 8.78 Å². The fourth-order valence-electron chi connectivity index (χ4n) is 2.45. The molecule has 3 aromatic rings. The van der Waals surface area contributed by atoms with Crippen LogP contribution in [0, 0.1) is 30.4 Å². The van der Waals surface area contributed by atoms with Crippen LogP contribution in [0.4, 0.5) is 14.5 Å².